The van der Waals surface area contributed by atoms with E-state index in [4.69, 9.17) is 18.0 Å². The number of nitrogens with one attached hydrogen (secondary N) is 1. The molecule has 0 aromatic carbocycles. The van der Waals surface area contributed by atoms with Gasteiger partial charge in [0, 0.05) is 0 Å². The van der Waals surface area contributed by atoms with Gasteiger partial charge in [-0.25, -0.2) is 0 Å². The zero-order chi connectivity index (χ0) is 14.5. The molecule has 0 bridgehead atoms. The van der Waals surface area contributed by atoms with E-state index in [0.29, 0.717) is 23.2 Å². The lowest BCUT2D eigenvalue weighted by Gasteiger charge is -2.14. The van der Waals surface area contributed by atoms with E-state index in [2.05, 4.69) is 30.2 Å². The van der Waals surface area contributed by atoms with Gasteiger partial charge in [0.2, 0.25) is 6.39 Å². The van der Waals surface area contributed by atoms with Crippen LogP contribution in [0.2, 0.25) is 0 Å². The minimum absolute atomic E-state index is 0.307. The van der Waals surface area contributed by atoms with Gasteiger partial charge in [-0.2, -0.15) is 10.1 Å². The topological polar surface area (TPSA) is 103 Å². The predicted octanol–water partition coefficient (Wildman–Crippen LogP) is 1.23. The first-order chi connectivity index (χ1) is 9.67. The van der Waals surface area contributed by atoms with Crippen LogP contribution in [-0.2, 0) is 19.4 Å². The maximum absolute atomic E-state index is 5.84. The van der Waals surface area contributed by atoms with Gasteiger partial charge in [-0.05, 0) is 18.4 Å². The summed E-state index contributed by atoms with van der Waals surface area (Å²) in [5, 5.41) is 15.2. The molecule has 2 rings (SSSR count). The Balaban J connectivity index is 2.34. The molecule has 106 valence electrons. The van der Waals surface area contributed by atoms with Crippen molar-refractivity contribution >= 4 is 23.0 Å². The molecule has 0 saturated carbocycles. The average molecular weight is 292 g/mol. The van der Waals surface area contributed by atoms with Gasteiger partial charge in [-0.3, -0.25) is 0 Å². The van der Waals surface area contributed by atoms with Crippen molar-refractivity contribution in [2.75, 3.05) is 5.32 Å². The van der Waals surface area contributed by atoms with Crippen molar-refractivity contribution < 1.29 is 4.52 Å². The monoisotopic (exact) mass is 292 g/mol. The van der Waals surface area contributed by atoms with Crippen LogP contribution in [0.4, 0.5) is 5.82 Å². The highest BCUT2D eigenvalue weighted by Crippen LogP contribution is 2.21. The molecular weight excluding hydrogens is 276 g/mol. The lowest BCUT2D eigenvalue weighted by atomic mass is 10.0. The van der Waals surface area contributed by atoms with Gasteiger partial charge in [0.05, 0.1) is 17.8 Å². The first-order valence-corrected chi connectivity index (χ1v) is 6.75. The van der Waals surface area contributed by atoms with Crippen LogP contribution in [0.3, 0.4) is 0 Å². The molecule has 0 fully saturated rings. The van der Waals surface area contributed by atoms with E-state index in [0.717, 1.165) is 29.7 Å². The van der Waals surface area contributed by atoms with Gasteiger partial charge >= 0.3 is 0 Å². The summed E-state index contributed by atoms with van der Waals surface area (Å²) in [5.74, 6) is 1.08. The fraction of sp³-hybridized carbons (Fsp3) is 0.417. The Hall–Kier alpha value is -2.09. The second-order valence-electron chi connectivity index (χ2n) is 4.12. The summed E-state index contributed by atoms with van der Waals surface area (Å²) < 4.78 is 4.67. The number of nitrogens with zero attached hydrogens (tertiary/aromatic N) is 4. The first-order valence-electron chi connectivity index (χ1n) is 6.34. The molecule has 7 nitrogen and oxygen atoms in total. The molecule has 8 heteroatoms. The Labute approximate surface area is 122 Å². The summed E-state index contributed by atoms with van der Waals surface area (Å²) in [6, 6.07) is 0. The summed E-state index contributed by atoms with van der Waals surface area (Å²) in [4.78, 5) is 4.24. The highest BCUT2D eigenvalue weighted by Gasteiger charge is 2.16. The van der Waals surface area contributed by atoms with Crippen molar-refractivity contribution in [1.82, 2.24) is 20.3 Å². The van der Waals surface area contributed by atoms with E-state index in [9.17, 15) is 0 Å². The van der Waals surface area contributed by atoms with E-state index in [1.54, 1.807) is 0 Å². The number of anilines is 1. The predicted molar refractivity (Wildman–Crippen MR) is 78.3 cm³/mol. The Morgan fingerprint density at radius 1 is 1.35 bits per heavy atom. The van der Waals surface area contributed by atoms with Crippen molar-refractivity contribution in [3.63, 3.8) is 0 Å². The molecule has 20 heavy (non-hydrogen) atoms. The normalized spacial score (nSPS) is 10.5. The fourth-order valence-corrected chi connectivity index (χ4v) is 2.21. The van der Waals surface area contributed by atoms with Gasteiger partial charge in [-0.1, -0.05) is 31.2 Å². The molecule has 0 aliphatic rings. The summed E-state index contributed by atoms with van der Waals surface area (Å²) >= 11 is 5.15. The number of rotatable bonds is 6. The maximum atomic E-state index is 5.84. The number of nitrogens with two attached hydrogens (primary N) is 1. The van der Waals surface area contributed by atoms with Crippen LogP contribution >= 0.6 is 12.2 Å². The van der Waals surface area contributed by atoms with Crippen LogP contribution in [-0.4, -0.2) is 25.3 Å². The molecule has 3 N–H and O–H groups in total. The third kappa shape index (κ3) is 2.90. The molecule has 0 aliphatic carbocycles. The quantitative estimate of drug-likeness (QED) is 0.766. The van der Waals surface area contributed by atoms with E-state index in [1.807, 2.05) is 13.8 Å². The number of aromatic nitrogens is 4. The lowest BCUT2D eigenvalue weighted by molar-refractivity contribution is 0.411. The van der Waals surface area contributed by atoms with Crippen LogP contribution in [0, 0.1) is 0 Å². The number of hydrogen-bond acceptors (Lipinski definition) is 7. The average Bonchev–Trinajstić information content (AvgIpc) is 2.96. The summed E-state index contributed by atoms with van der Waals surface area (Å²) in [7, 11) is 0. The van der Waals surface area contributed by atoms with Crippen LogP contribution in [0.5, 0.6) is 0 Å². The molecule has 0 aliphatic heterocycles. The largest absolute Gasteiger partial charge is 0.389 e. The molecular formula is C12H16N6OS. The highest BCUT2D eigenvalue weighted by atomic mass is 32.1. The van der Waals surface area contributed by atoms with Crippen LogP contribution in [0.1, 0.15) is 36.5 Å². The molecule has 0 atom stereocenters. The molecule has 2 aromatic rings. The van der Waals surface area contributed by atoms with Crippen LogP contribution < -0.4 is 11.1 Å². The Morgan fingerprint density at radius 2 is 2.15 bits per heavy atom. The second kappa shape index (κ2) is 6.38. The Bertz CT molecular complexity index is 598. The molecule has 0 radical (unpaired) electrons. The standard InChI is InChI=1S/C12H16N6OS/c1-3-7-8(4-2)16-17-12(10(7)11(13)20)14-5-9-15-6-19-18-9/h6H,3-5H2,1-2H3,(H2,13,20)(H,14,17). The fourth-order valence-electron chi connectivity index (χ4n) is 2.00. The number of aryl methyl sites for hydroxylation is 1. The van der Waals surface area contributed by atoms with Gasteiger partial charge in [0.25, 0.3) is 0 Å². The smallest absolute Gasteiger partial charge is 0.213 e. The number of thiocarbonyl (C=S) groups is 1. The highest BCUT2D eigenvalue weighted by molar-refractivity contribution is 7.80. The molecule has 0 saturated heterocycles. The first kappa shape index (κ1) is 14.3. The molecule has 0 spiro atoms. The third-order valence-electron chi connectivity index (χ3n) is 2.91. The Morgan fingerprint density at radius 3 is 2.70 bits per heavy atom. The molecule has 2 heterocycles. The minimum Gasteiger partial charge on any atom is -0.389 e. The van der Waals surface area contributed by atoms with Crippen LogP contribution in [0.15, 0.2) is 10.9 Å². The van der Waals surface area contributed by atoms with Crippen molar-refractivity contribution in [2.45, 2.75) is 33.2 Å². The van der Waals surface area contributed by atoms with E-state index >= 15 is 0 Å². The van der Waals surface area contributed by atoms with Gasteiger partial charge in [0.15, 0.2) is 11.6 Å². The van der Waals surface area contributed by atoms with Crippen LogP contribution in [0.25, 0.3) is 0 Å². The van der Waals surface area contributed by atoms with Gasteiger partial charge in [-0.15, -0.1) is 5.10 Å². The summed E-state index contributed by atoms with van der Waals surface area (Å²) in [5.41, 5.74) is 8.54. The molecule has 0 amide bonds. The van der Waals surface area contributed by atoms with E-state index in [1.165, 1.54) is 6.39 Å². The van der Waals surface area contributed by atoms with Gasteiger partial charge < -0.3 is 15.6 Å². The lowest BCUT2D eigenvalue weighted by Crippen LogP contribution is -2.20. The zero-order valence-electron chi connectivity index (χ0n) is 11.4. The summed E-state index contributed by atoms with van der Waals surface area (Å²) in [6.07, 6.45) is 2.86. The Kier molecular flexibility index (Phi) is 4.57. The van der Waals surface area contributed by atoms with E-state index < -0.39 is 0 Å². The molecule has 0 unspecified atom stereocenters. The molecule has 2 aromatic heterocycles. The minimum atomic E-state index is 0.307. The van der Waals surface area contributed by atoms with E-state index in [-0.39, 0.29) is 0 Å². The van der Waals surface area contributed by atoms with Crippen molar-refractivity contribution in [2.24, 2.45) is 5.73 Å². The zero-order valence-corrected chi connectivity index (χ0v) is 12.2. The maximum Gasteiger partial charge on any atom is 0.213 e. The van der Waals surface area contributed by atoms with Crippen molar-refractivity contribution in [3.05, 3.63) is 29.0 Å². The number of hydrogen-bond donors (Lipinski definition) is 2. The van der Waals surface area contributed by atoms with Gasteiger partial charge in [0.1, 0.15) is 4.99 Å². The summed E-state index contributed by atoms with van der Waals surface area (Å²) in [6.45, 7) is 4.44. The van der Waals surface area contributed by atoms with Crippen molar-refractivity contribution in [1.29, 1.82) is 0 Å². The SMILES string of the molecule is CCc1nnc(NCc2ncon2)c(C(N)=S)c1CC. The second-order valence-corrected chi connectivity index (χ2v) is 4.56. The van der Waals surface area contributed by atoms with Crippen molar-refractivity contribution in [3.8, 4) is 0 Å². The third-order valence-corrected chi connectivity index (χ3v) is 3.12.